The lowest BCUT2D eigenvalue weighted by atomic mass is 10.2. The number of halogens is 1. The second-order valence-corrected chi connectivity index (χ2v) is 6.92. The standard InChI is InChI=1S/C17H11ClN2S2/c1-11-6-7-21-16(11)8-13(9-19)17-20-15(10-22-17)12-2-4-14(18)5-3-12/h2-8,10H,1H3/b13-8+. The molecule has 0 spiro atoms. The van der Waals surface area contributed by atoms with Crippen molar-refractivity contribution in [3.05, 3.63) is 61.6 Å². The molecule has 3 rings (SSSR count). The molecule has 0 amide bonds. The smallest absolute Gasteiger partial charge is 0.134 e. The Kier molecular flexibility index (Phi) is 4.39. The van der Waals surface area contributed by atoms with Gasteiger partial charge in [-0.3, -0.25) is 0 Å². The first-order chi connectivity index (χ1) is 10.7. The summed E-state index contributed by atoms with van der Waals surface area (Å²) in [4.78, 5) is 5.68. The number of aromatic nitrogens is 1. The van der Waals surface area contributed by atoms with Gasteiger partial charge < -0.3 is 0 Å². The molecule has 0 radical (unpaired) electrons. The van der Waals surface area contributed by atoms with E-state index >= 15 is 0 Å². The fourth-order valence-electron chi connectivity index (χ4n) is 1.96. The van der Waals surface area contributed by atoms with Gasteiger partial charge in [0.05, 0.1) is 11.3 Å². The van der Waals surface area contributed by atoms with E-state index < -0.39 is 0 Å². The number of benzene rings is 1. The van der Waals surface area contributed by atoms with Crippen molar-refractivity contribution in [2.24, 2.45) is 0 Å². The maximum absolute atomic E-state index is 9.42. The second kappa shape index (κ2) is 6.45. The fourth-order valence-corrected chi connectivity index (χ4v) is 3.74. The SMILES string of the molecule is Cc1ccsc1/C=C(\C#N)c1nc(-c2ccc(Cl)cc2)cs1. The Hall–Kier alpha value is -1.93. The van der Waals surface area contributed by atoms with Crippen molar-refractivity contribution < 1.29 is 0 Å². The van der Waals surface area contributed by atoms with Crippen LogP contribution in [0.1, 0.15) is 15.4 Å². The molecule has 0 saturated heterocycles. The topological polar surface area (TPSA) is 36.7 Å². The van der Waals surface area contributed by atoms with E-state index in [2.05, 4.69) is 11.1 Å². The summed E-state index contributed by atoms with van der Waals surface area (Å²) in [5.74, 6) is 0. The summed E-state index contributed by atoms with van der Waals surface area (Å²) >= 11 is 9.01. The van der Waals surface area contributed by atoms with Gasteiger partial charge in [0, 0.05) is 20.8 Å². The van der Waals surface area contributed by atoms with Crippen LogP contribution in [0.25, 0.3) is 22.9 Å². The van der Waals surface area contributed by atoms with E-state index in [0.29, 0.717) is 10.6 Å². The van der Waals surface area contributed by atoms with Crippen LogP contribution in [0.2, 0.25) is 5.02 Å². The summed E-state index contributed by atoms with van der Waals surface area (Å²) in [6.45, 7) is 2.04. The highest BCUT2D eigenvalue weighted by atomic mass is 35.5. The molecule has 3 aromatic rings. The van der Waals surface area contributed by atoms with Crippen LogP contribution in [0, 0.1) is 18.3 Å². The van der Waals surface area contributed by atoms with Gasteiger partial charge in [0.1, 0.15) is 11.1 Å². The zero-order valence-electron chi connectivity index (χ0n) is 11.7. The molecule has 0 aliphatic heterocycles. The highest BCUT2D eigenvalue weighted by molar-refractivity contribution is 7.12. The number of hydrogen-bond acceptors (Lipinski definition) is 4. The van der Waals surface area contributed by atoms with E-state index in [0.717, 1.165) is 21.1 Å². The van der Waals surface area contributed by atoms with Crippen molar-refractivity contribution >= 4 is 45.9 Å². The minimum atomic E-state index is 0.593. The number of thiazole rings is 1. The van der Waals surface area contributed by atoms with Crippen LogP contribution in [-0.4, -0.2) is 4.98 Å². The molecule has 0 fully saturated rings. The molecule has 2 aromatic heterocycles. The lowest BCUT2D eigenvalue weighted by Gasteiger charge is -1.97. The summed E-state index contributed by atoms with van der Waals surface area (Å²) in [7, 11) is 0. The molecule has 0 aliphatic rings. The summed E-state index contributed by atoms with van der Waals surface area (Å²) in [5, 5.41) is 14.8. The minimum absolute atomic E-state index is 0.593. The molecule has 0 saturated carbocycles. The number of rotatable bonds is 3. The Labute approximate surface area is 142 Å². The quantitative estimate of drug-likeness (QED) is 0.556. The predicted octanol–water partition coefficient (Wildman–Crippen LogP) is 5.90. The molecule has 0 bridgehead atoms. The number of aryl methyl sites for hydroxylation is 1. The monoisotopic (exact) mass is 342 g/mol. The van der Waals surface area contributed by atoms with Crippen molar-refractivity contribution in [1.29, 1.82) is 5.26 Å². The van der Waals surface area contributed by atoms with E-state index in [1.54, 1.807) is 11.3 Å². The van der Waals surface area contributed by atoms with Crippen molar-refractivity contribution in [1.82, 2.24) is 4.98 Å². The van der Waals surface area contributed by atoms with Crippen LogP contribution in [0.3, 0.4) is 0 Å². The Bertz CT molecular complexity index is 867. The van der Waals surface area contributed by atoms with Crippen molar-refractivity contribution in [2.45, 2.75) is 6.92 Å². The van der Waals surface area contributed by atoms with Gasteiger partial charge in [-0.05, 0) is 42.1 Å². The molecule has 22 heavy (non-hydrogen) atoms. The number of nitrogens with zero attached hydrogens (tertiary/aromatic N) is 2. The zero-order valence-corrected chi connectivity index (χ0v) is 14.1. The molecule has 5 heteroatoms. The number of hydrogen-bond donors (Lipinski definition) is 0. The molecule has 0 aliphatic carbocycles. The van der Waals surface area contributed by atoms with Gasteiger partial charge in [0.25, 0.3) is 0 Å². The van der Waals surface area contributed by atoms with Crippen LogP contribution in [-0.2, 0) is 0 Å². The lowest BCUT2D eigenvalue weighted by molar-refractivity contribution is 1.37. The van der Waals surface area contributed by atoms with Crippen molar-refractivity contribution in [3.63, 3.8) is 0 Å². The highest BCUT2D eigenvalue weighted by Gasteiger charge is 2.10. The Balaban J connectivity index is 1.95. The summed E-state index contributed by atoms with van der Waals surface area (Å²) in [6.07, 6.45) is 1.91. The zero-order chi connectivity index (χ0) is 15.5. The molecular weight excluding hydrogens is 332 g/mol. The van der Waals surface area contributed by atoms with Crippen molar-refractivity contribution in [2.75, 3.05) is 0 Å². The molecule has 108 valence electrons. The van der Waals surface area contributed by atoms with E-state index in [4.69, 9.17) is 11.6 Å². The molecule has 2 heterocycles. The average molecular weight is 343 g/mol. The lowest BCUT2D eigenvalue weighted by Crippen LogP contribution is -1.82. The normalized spacial score (nSPS) is 11.4. The van der Waals surface area contributed by atoms with Gasteiger partial charge in [-0.25, -0.2) is 4.98 Å². The van der Waals surface area contributed by atoms with Crippen LogP contribution in [0.15, 0.2) is 41.1 Å². The summed E-state index contributed by atoms with van der Waals surface area (Å²) < 4.78 is 0. The number of allylic oxidation sites excluding steroid dienone is 1. The first kappa shape index (κ1) is 15.0. The van der Waals surface area contributed by atoms with E-state index in [-0.39, 0.29) is 0 Å². The largest absolute Gasteiger partial charge is 0.235 e. The number of thiophene rings is 1. The molecule has 0 unspecified atom stereocenters. The summed E-state index contributed by atoms with van der Waals surface area (Å²) in [5.41, 5.74) is 3.63. The maximum atomic E-state index is 9.42. The van der Waals surface area contributed by atoms with Gasteiger partial charge >= 0.3 is 0 Å². The molecular formula is C17H11ClN2S2. The molecule has 0 atom stereocenters. The minimum Gasteiger partial charge on any atom is -0.235 e. The molecule has 2 nitrogen and oxygen atoms in total. The maximum Gasteiger partial charge on any atom is 0.134 e. The van der Waals surface area contributed by atoms with Gasteiger partial charge in [0.15, 0.2) is 0 Å². The van der Waals surface area contributed by atoms with Gasteiger partial charge in [-0.2, -0.15) is 5.26 Å². The van der Waals surface area contributed by atoms with E-state index in [9.17, 15) is 5.26 Å². The number of nitriles is 1. The van der Waals surface area contributed by atoms with Gasteiger partial charge in [-0.15, -0.1) is 22.7 Å². The fraction of sp³-hybridized carbons (Fsp3) is 0.0588. The molecule has 0 N–H and O–H groups in total. The third-order valence-electron chi connectivity index (χ3n) is 3.17. The third kappa shape index (κ3) is 3.12. The van der Waals surface area contributed by atoms with Crippen LogP contribution in [0.4, 0.5) is 0 Å². The summed E-state index contributed by atoms with van der Waals surface area (Å²) in [6, 6.07) is 11.8. The van der Waals surface area contributed by atoms with Gasteiger partial charge in [-0.1, -0.05) is 23.7 Å². The predicted molar refractivity (Wildman–Crippen MR) is 95.1 cm³/mol. The Morgan fingerprint density at radius 3 is 2.64 bits per heavy atom. The van der Waals surface area contributed by atoms with Crippen molar-refractivity contribution in [3.8, 4) is 17.3 Å². The van der Waals surface area contributed by atoms with Crippen LogP contribution >= 0.6 is 34.3 Å². The Morgan fingerprint density at radius 1 is 1.23 bits per heavy atom. The average Bonchev–Trinajstić information content (AvgIpc) is 3.15. The van der Waals surface area contributed by atoms with Gasteiger partial charge in [0.2, 0.25) is 0 Å². The van der Waals surface area contributed by atoms with E-state index in [1.807, 2.05) is 54.1 Å². The third-order valence-corrected chi connectivity index (χ3v) is 5.27. The first-order valence-corrected chi connectivity index (χ1v) is 8.69. The molecule has 1 aromatic carbocycles. The Morgan fingerprint density at radius 2 is 2.00 bits per heavy atom. The van der Waals surface area contributed by atoms with Crippen LogP contribution in [0.5, 0.6) is 0 Å². The first-order valence-electron chi connectivity index (χ1n) is 6.55. The van der Waals surface area contributed by atoms with E-state index in [1.165, 1.54) is 16.9 Å². The van der Waals surface area contributed by atoms with Crippen LogP contribution < -0.4 is 0 Å². The second-order valence-electron chi connectivity index (χ2n) is 4.68. The highest BCUT2D eigenvalue weighted by Crippen LogP contribution is 2.29.